The molecule has 1 nitrogen and oxygen atoms in total. The van der Waals surface area contributed by atoms with Gasteiger partial charge in [-0.1, -0.05) is 29.8 Å². The van der Waals surface area contributed by atoms with Crippen LogP contribution in [-0.2, 0) is 6.54 Å². The molecule has 0 spiro atoms. The predicted octanol–water partition coefficient (Wildman–Crippen LogP) is 4.21. The Labute approximate surface area is 112 Å². The molecule has 0 saturated heterocycles. The first-order valence-corrected chi connectivity index (χ1v) is 6.81. The van der Waals surface area contributed by atoms with Gasteiger partial charge in [0.1, 0.15) is 0 Å². The fourth-order valence-corrected chi connectivity index (χ4v) is 2.59. The molecule has 0 atom stereocenters. The molecule has 0 unspecified atom stereocenters. The fraction of sp³-hybridized carbons (Fsp3) is 0.600. The molecule has 0 amide bonds. The summed E-state index contributed by atoms with van der Waals surface area (Å²) < 4.78 is 37.6. The standard InChI is InChI=1S/C15H20F3N/c1-11-2-4-12(5-3-11)10-19-14-8-6-13(7-9-14)15(16,17)18/h2-5,13-14,19H,6-10H2,1H3. The van der Waals surface area contributed by atoms with Crippen LogP contribution >= 0.6 is 0 Å². The summed E-state index contributed by atoms with van der Waals surface area (Å²) in [4.78, 5) is 0. The van der Waals surface area contributed by atoms with Crippen LogP contribution in [-0.4, -0.2) is 12.2 Å². The van der Waals surface area contributed by atoms with Crippen molar-refractivity contribution in [3.8, 4) is 0 Å². The first kappa shape index (κ1) is 14.4. The Kier molecular flexibility index (Phi) is 4.50. The maximum absolute atomic E-state index is 12.5. The zero-order valence-corrected chi connectivity index (χ0v) is 11.1. The Morgan fingerprint density at radius 2 is 1.63 bits per heavy atom. The van der Waals surface area contributed by atoms with E-state index in [9.17, 15) is 13.2 Å². The van der Waals surface area contributed by atoms with Crippen LogP contribution in [0, 0.1) is 12.8 Å². The third kappa shape index (κ3) is 4.23. The summed E-state index contributed by atoms with van der Waals surface area (Å²) in [5.74, 6) is -1.09. The molecular weight excluding hydrogens is 251 g/mol. The summed E-state index contributed by atoms with van der Waals surface area (Å²) in [7, 11) is 0. The molecule has 1 aliphatic carbocycles. The zero-order valence-electron chi connectivity index (χ0n) is 11.1. The van der Waals surface area contributed by atoms with E-state index in [-0.39, 0.29) is 18.9 Å². The predicted molar refractivity (Wildman–Crippen MR) is 69.8 cm³/mol. The van der Waals surface area contributed by atoms with Crippen molar-refractivity contribution in [2.45, 2.75) is 51.4 Å². The second kappa shape index (κ2) is 5.95. The number of benzene rings is 1. The van der Waals surface area contributed by atoms with Gasteiger partial charge in [-0.25, -0.2) is 0 Å². The quantitative estimate of drug-likeness (QED) is 0.868. The summed E-state index contributed by atoms with van der Waals surface area (Å²) in [5, 5.41) is 3.36. The highest BCUT2D eigenvalue weighted by molar-refractivity contribution is 5.21. The van der Waals surface area contributed by atoms with Gasteiger partial charge in [0.25, 0.3) is 0 Å². The summed E-state index contributed by atoms with van der Waals surface area (Å²) in [5.41, 5.74) is 2.40. The summed E-state index contributed by atoms with van der Waals surface area (Å²) >= 11 is 0. The first-order chi connectivity index (χ1) is 8.95. The van der Waals surface area contributed by atoms with Crippen molar-refractivity contribution in [1.29, 1.82) is 0 Å². The molecule has 1 saturated carbocycles. The second-order valence-electron chi connectivity index (χ2n) is 5.46. The van der Waals surface area contributed by atoms with Gasteiger partial charge in [-0.15, -0.1) is 0 Å². The topological polar surface area (TPSA) is 12.0 Å². The third-order valence-corrected chi connectivity index (χ3v) is 3.91. The third-order valence-electron chi connectivity index (χ3n) is 3.91. The van der Waals surface area contributed by atoms with E-state index in [1.165, 1.54) is 11.1 Å². The van der Waals surface area contributed by atoms with E-state index >= 15 is 0 Å². The highest BCUT2D eigenvalue weighted by atomic mass is 19.4. The van der Waals surface area contributed by atoms with Crippen LogP contribution in [0.2, 0.25) is 0 Å². The second-order valence-corrected chi connectivity index (χ2v) is 5.46. The SMILES string of the molecule is Cc1ccc(CNC2CCC(C(F)(F)F)CC2)cc1. The minimum absolute atomic E-state index is 0.222. The van der Waals surface area contributed by atoms with Crippen molar-refractivity contribution < 1.29 is 13.2 Å². The lowest BCUT2D eigenvalue weighted by atomic mass is 9.85. The van der Waals surface area contributed by atoms with Crippen LogP contribution in [0.5, 0.6) is 0 Å². The number of hydrogen-bond donors (Lipinski definition) is 1. The van der Waals surface area contributed by atoms with Gasteiger partial charge < -0.3 is 5.32 Å². The molecule has 1 fully saturated rings. The molecule has 1 aromatic carbocycles. The van der Waals surface area contributed by atoms with Gasteiger partial charge in [0, 0.05) is 12.6 Å². The molecule has 4 heteroatoms. The molecule has 1 aliphatic rings. The van der Waals surface area contributed by atoms with Crippen LogP contribution in [0.4, 0.5) is 13.2 Å². The lowest BCUT2D eigenvalue weighted by molar-refractivity contribution is -0.182. The van der Waals surface area contributed by atoms with Gasteiger partial charge in [-0.3, -0.25) is 0 Å². The molecule has 0 aliphatic heterocycles. The van der Waals surface area contributed by atoms with Crippen LogP contribution in [0.25, 0.3) is 0 Å². The van der Waals surface area contributed by atoms with Crippen LogP contribution < -0.4 is 5.32 Å². The maximum atomic E-state index is 12.5. The molecule has 0 aromatic heterocycles. The average molecular weight is 271 g/mol. The number of nitrogens with one attached hydrogen (secondary N) is 1. The minimum atomic E-state index is -4.01. The lowest BCUT2D eigenvalue weighted by Gasteiger charge is -2.30. The monoisotopic (exact) mass is 271 g/mol. The Balaban J connectivity index is 1.75. The highest BCUT2D eigenvalue weighted by Crippen LogP contribution is 2.37. The summed E-state index contributed by atoms with van der Waals surface area (Å²) in [6.45, 7) is 2.78. The van der Waals surface area contributed by atoms with E-state index < -0.39 is 12.1 Å². The van der Waals surface area contributed by atoms with E-state index in [4.69, 9.17) is 0 Å². The van der Waals surface area contributed by atoms with Crippen molar-refractivity contribution in [2.75, 3.05) is 0 Å². The number of rotatable bonds is 3. The molecule has 19 heavy (non-hydrogen) atoms. The van der Waals surface area contributed by atoms with Crippen molar-refractivity contribution >= 4 is 0 Å². The number of halogens is 3. The Morgan fingerprint density at radius 1 is 1.05 bits per heavy atom. The summed E-state index contributed by atoms with van der Waals surface area (Å²) in [6, 6.07) is 8.45. The molecule has 0 radical (unpaired) electrons. The Morgan fingerprint density at radius 3 is 2.16 bits per heavy atom. The molecule has 1 N–H and O–H groups in total. The van der Waals surface area contributed by atoms with E-state index in [0.717, 1.165) is 6.54 Å². The largest absolute Gasteiger partial charge is 0.391 e. The van der Waals surface area contributed by atoms with Gasteiger partial charge in [-0.2, -0.15) is 13.2 Å². The zero-order chi connectivity index (χ0) is 13.9. The van der Waals surface area contributed by atoms with Gasteiger partial charge in [0.2, 0.25) is 0 Å². The van der Waals surface area contributed by atoms with E-state index in [1.54, 1.807) is 0 Å². The van der Waals surface area contributed by atoms with Crippen LogP contribution in [0.3, 0.4) is 0 Å². The van der Waals surface area contributed by atoms with Gasteiger partial charge >= 0.3 is 6.18 Å². The van der Waals surface area contributed by atoms with Crippen molar-refractivity contribution in [1.82, 2.24) is 5.32 Å². The molecule has 2 rings (SSSR count). The molecule has 0 heterocycles. The van der Waals surface area contributed by atoms with Crippen LogP contribution in [0.15, 0.2) is 24.3 Å². The number of alkyl halides is 3. The molecule has 0 bridgehead atoms. The fourth-order valence-electron chi connectivity index (χ4n) is 2.59. The first-order valence-electron chi connectivity index (χ1n) is 6.81. The number of hydrogen-bond acceptors (Lipinski definition) is 1. The maximum Gasteiger partial charge on any atom is 0.391 e. The molecule has 106 valence electrons. The van der Waals surface area contributed by atoms with Crippen molar-refractivity contribution in [2.24, 2.45) is 5.92 Å². The van der Waals surface area contributed by atoms with E-state index in [0.29, 0.717) is 12.8 Å². The van der Waals surface area contributed by atoms with Gasteiger partial charge in [0.05, 0.1) is 5.92 Å². The highest BCUT2D eigenvalue weighted by Gasteiger charge is 2.41. The van der Waals surface area contributed by atoms with Crippen LogP contribution in [0.1, 0.15) is 36.8 Å². The minimum Gasteiger partial charge on any atom is -0.310 e. The molecular formula is C15H20F3N. The van der Waals surface area contributed by atoms with Gasteiger partial charge in [-0.05, 0) is 38.2 Å². The smallest absolute Gasteiger partial charge is 0.310 e. The number of aryl methyl sites for hydroxylation is 1. The van der Waals surface area contributed by atoms with E-state index in [2.05, 4.69) is 29.6 Å². The Bertz CT molecular complexity index is 389. The average Bonchev–Trinajstić information content (AvgIpc) is 2.37. The molecule has 1 aromatic rings. The lowest BCUT2D eigenvalue weighted by Crippen LogP contribution is -2.36. The van der Waals surface area contributed by atoms with Crippen molar-refractivity contribution in [3.05, 3.63) is 35.4 Å². The summed E-state index contributed by atoms with van der Waals surface area (Å²) in [6.07, 6.45) is -2.25. The Hall–Kier alpha value is -1.03. The van der Waals surface area contributed by atoms with Crippen molar-refractivity contribution in [3.63, 3.8) is 0 Å². The van der Waals surface area contributed by atoms with Gasteiger partial charge in [0.15, 0.2) is 0 Å². The van der Waals surface area contributed by atoms with E-state index in [1.807, 2.05) is 6.92 Å². The normalized spacial score (nSPS) is 24.4.